The van der Waals surface area contributed by atoms with Crippen molar-refractivity contribution in [2.24, 2.45) is 5.92 Å². The zero-order valence-electron chi connectivity index (χ0n) is 17.0. The molecule has 0 fully saturated rings. The van der Waals surface area contributed by atoms with E-state index in [9.17, 15) is 18.4 Å². The van der Waals surface area contributed by atoms with Crippen molar-refractivity contribution < 1.29 is 23.1 Å². The lowest BCUT2D eigenvalue weighted by Gasteiger charge is -2.24. The molecular formula is C22H26F2N2O3. The second-order valence-electron chi connectivity index (χ2n) is 7.03. The van der Waals surface area contributed by atoms with Gasteiger partial charge in [0, 0.05) is 0 Å². The number of ether oxygens (including phenoxy) is 1. The molecule has 29 heavy (non-hydrogen) atoms. The van der Waals surface area contributed by atoms with Gasteiger partial charge in [0.25, 0.3) is 5.91 Å². The largest absolute Gasteiger partial charge is 0.493 e. The molecule has 0 heterocycles. The van der Waals surface area contributed by atoms with Crippen molar-refractivity contribution in [3.05, 3.63) is 65.2 Å². The van der Waals surface area contributed by atoms with E-state index in [1.807, 2.05) is 6.92 Å². The predicted molar refractivity (Wildman–Crippen MR) is 107 cm³/mol. The normalized spacial score (nSPS) is 12.9. The SMILES string of the molecule is CCOc1ccccc1C(=O)NC(C(=O)NC(C)c1ccc(F)c(F)c1)C(C)C. The minimum absolute atomic E-state index is 0.199. The molecule has 0 radical (unpaired) electrons. The minimum atomic E-state index is -0.982. The Morgan fingerprint density at radius 1 is 1.00 bits per heavy atom. The Kier molecular flexibility index (Phi) is 7.70. The Labute approximate surface area is 169 Å². The standard InChI is InChI=1S/C22H26F2N2O3/c1-5-29-19-9-7-6-8-16(19)21(27)26-20(13(2)3)22(28)25-14(4)15-10-11-17(23)18(24)12-15/h6-14,20H,5H2,1-4H3,(H,25,28)(H,26,27). The first-order valence-corrected chi connectivity index (χ1v) is 9.52. The molecule has 2 aromatic rings. The van der Waals surface area contributed by atoms with E-state index in [1.54, 1.807) is 45.0 Å². The number of benzene rings is 2. The number of hydrogen-bond donors (Lipinski definition) is 2. The minimum Gasteiger partial charge on any atom is -0.493 e. The third kappa shape index (κ3) is 5.76. The molecule has 156 valence electrons. The first-order chi connectivity index (χ1) is 13.7. The molecule has 2 N–H and O–H groups in total. The Bertz CT molecular complexity index is 871. The summed E-state index contributed by atoms with van der Waals surface area (Å²) in [6.45, 7) is 7.50. The van der Waals surface area contributed by atoms with Crippen molar-refractivity contribution in [2.45, 2.75) is 39.8 Å². The molecule has 0 saturated carbocycles. The average molecular weight is 404 g/mol. The summed E-state index contributed by atoms with van der Waals surface area (Å²) in [6, 6.07) is 8.88. The molecule has 0 aliphatic carbocycles. The van der Waals surface area contributed by atoms with Crippen LogP contribution in [-0.4, -0.2) is 24.5 Å². The topological polar surface area (TPSA) is 67.4 Å². The number of carbonyl (C=O) groups is 2. The van der Waals surface area contributed by atoms with Crippen molar-refractivity contribution in [1.82, 2.24) is 10.6 Å². The summed E-state index contributed by atoms with van der Waals surface area (Å²) in [5.41, 5.74) is 0.759. The maximum absolute atomic E-state index is 13.5. The van der Waals surface area contributed by atoms with Gasteiger partial charge >= 0.3 is 0 Å². The van der Waals surface area contributed by atoms with Crippen LogP contribution in [0.15, 0.2) is 42.5 Å². The number of rotatable bonds is 8. The summed E-state index contributed by atoms with van der Waals surface area (Å²) < 4.78 is 32.1. The van der Waals surface area contributed by atoms with Gasteiger partial charge in [0.2, 0.25) is 5.91 Å². The lowest BCUT2D eigenvalue weighted by molar-refractivity contribution is -0.124. The second kappa shape index (κ2) is 10.0. The molecule has 0 saturated heterocycles. The van der Waals surface area contributed by atoms with Crippen LogP contribution < -0.4 is 15.4 Å². The van der Waals surface area contributed by atoms with Crippen molar-refractivity contribution in [2.75, 3.05) is 6.61 Å². The lowest BCUT2D eigenvalue weighted by atomic mass is 10.0. The molecule has 2 amide bonds. The van der Waals surface area contributed by atoms with E-state index in [0.717, 1.165) is 12.1 Å². The molecule has 5 nitrogen and oxygen atoms in total. The van der Waals surface area contributed by atoms with E-state index >= 15 is 0 Å². The predicted octanol–water partition coefficient (Wildman–Crippen LogP) is 4.00. The zero-order chi connectivity index (χ0) is 21.6. The van der Waals surface area contributed by atoms with Crippen LogP contribution >= 0.6 is 0 Å². The first kappa shape index (κ1) is 22.3. The van der Waals surface area contributed by atoms with Crippen molar-refractivity contribution in [3.8, 4) is 5.75 Å². The quantitative estimate of drug-likeness (QED) is 0.699. The van der Waals surface area contributed by atoms with Gasteiger partial charge in [0.1, 0.15) is 11.8 Å². The maximum Gasteiger partial charge on any atom is 0.255 e. The van der Waals surface area contributed by atoms with Gasteiger partial charge in [-0.2, -0.15) is 0 Å². The Morgan fingerprint density at radius 2 is 1.69 bits per heavy atom. The molecule has 0 aliphatic rings. The third-order valence-corrected chi connectivity index (χ3v) is 4.47. The lowest BCUT2D eigenvalue weighted by Crippen LogP contribution is -2.50. The fourth-order valence-corrected chi connectivity index (χ4v) is 2.86. The highest BCUT2D eigenvalue weighted by Crippen LogP contribution is 2.19. The fraction of sp³-hybridized carbons (Fsp3) is 0.364. The van der Waals surface area contributed by atoms with Gasteiger partial charge in [0.15, 0.2) is 11.6 Å². The highest BCUT2D eigenvalue weighted by molar-refractivity contribution is 5.99. The van der Waals surface area contributed by atoms with Crippen molar-refractivity contribution >= 4 is 11.8 Å². The summed E-state index contributed by atoms with van der Waals surface area (Å²) in [7, 11) is 0. The van der Waals surface area contributed by atoms with Crippen molar-refractivity contribution in [1.29, 1.82) is 0 Å². The maximum atomic E-state index is 13.5. The second-order valence-corrected chi connectivity index (χ2v) is 7.03. The zero-order valence-corrected chi connectivity index (χ0v) is 17.0. The third-order valence-electron chi connectivity index (χ3n) is 4.47. The van der Waals surface area contributed by atoms with E-state index in [-0.39, 0.29) is 5.92 Å². The molecule has 0 aromatic heterocycles. The fourth-order valence-electron chi connectivity index (χ4n) is 2.86. The summed E-state index contributed by atoms with van der Waals surface area (Å²) in [5.74, 6) is -2.54. The summed E-state index contributed by atoms with van der Waals surface area (Å²) in [4.78, 5) is 25.5. The summed E-state index contributed by atoms with van der Waals surface area (Å²) in [5, 5.41) is 5.49. The average Bonchev–Trinajstić information content (AvgIpc) is 2.68. The number of amides is 2. The van der Waals surface area contributed by atoms with E-state index in [4.69, 9.17) is 4.74 Å². The molecule has 7 heteroatoms. The van der Waals surface area contributed by atoms with Gasteiger partial charge in [-0.05, 0) is 49.6 Å². The highest BCUT2D eigenvalue weighted by atomic mass is 19.2. The Balaban J connectivity index is 2.13. The number of carbonyl (C=O) groups excluding carboxylic acids is 2. The molecule has 0 spiro atoms. The van der Waals surface area contributed by atoms with E-state index in [2.05, 4.69) is 10.6 Å². The van der Waals surface area contributed by atoms with E-state index < -0.39 is 35.5 Å². The highest BCUT2D eigenvalue weighted by Gasteiger charge is 2.27. The molecule has 2 unspecified atom stereocenters. The molecule has 2 aromatic carbocycles. The van der Waals surface area contributed by atoms with Gasteiger partial charge in [-0.15, -0.1) is 0 Å². The molecule has 0 aliphatic heterocycles. The number of halogens is 2. The van der Waals surface area contributed by atoms with Crippen LogP contribution in [0.25, 0.3) is 0 Å². The Morgan fingerprint density at radius 3 is 2.31 bits per heavy atom. The van der Waals surface area contributed by atoms with E-state index in [1.165, 1.54) is 6.07 Å². The van der Waals surface area contributed by atoms with Gasteiger partial charge in [-0.25, -0.2) is 8.78 Å². The first-order valence-electron chi connectivity index (χ1n) is 9.52. The van der Waals surface area contributed by atoms with Gasteiger partial charge < -0.3 is 15.4 Å². The van der Waals surface area contributed by atoms with E-state index in [0.29, 0.717) is 23.5 Å². The number of para-hydroxylation sites is 1. The van der Waals surface area contributed by atoms with Crippen LogP contribution in [-0.2, 0) is 4.79 Å². The number of hydrogen-bond acceptors (Lipinski definition) is 3. The molecule has 2 atom stereocenters. The summed E-state index contributed by atoms with van der Waals surface area (Å²) >= 11 is 0. The van der Waals surface area contributed by atoms with Crippen LogP contribution in [0.2, 0.25) is 0 Å². The van der Waals surface area contributed by atoms with Crippen LogP contribution in [0.5, 0.6) is 5.75 Å². The van der Waals surface area contributed by atoms with Gasteiger partial charge in [-0.3, -0.25) is 9.59 Å². The van der Waals surface area contributed by atoms with Crippen LogP contribution in [0.4, 0.5) is 8.78 Å². The van der Waals surface area contributed by atoms with Crippen molar-refractivity contribution in [3.63, 3.8) is 0 Å². The molecule has 2 rings (SSSR count). The van der Waals surface area contributed by atoms with Crippen LogP contribution in [0.3, 0.4) is 0 Å². The smallest absolute Gasteiger partial charge is 0.255 e. The van der Waals surface area contributed by atoms with Crippen LogP contribution in [0.1, 0.15) is 49.7 Å². The molecular weight excluding hydrogens is 378 g/mol. The summed E-state index contributed by atoms with van der Waals surface area (Å²) in [6.07, 6.45) is 0. The van der Waals surface area contributed by atoms with Gasteiger partial charge in [-0.1, -0.05) is 32.0 Å². The van der Waals surface area contributed by atoms with Gasteiger partial charge in [0.05, 0.1) is 18.2 Å². The monoisotopic (exact) mass is 404 g/mol. The Hall–Kier alpha value is -2.96. The van der Waals surface area contributed by atoms with Crippen LogP contribution in [0, 0.1) is 17.6 Å². The number of nitrogens with one attached hydrogen (secondary N) is 2. The molecule has 0 bridgehead atoms.